The van der Waals surface area contributed by atoms with Crippen molar-refractivity contribution in [3.63, 3.8) is 0 Å². The van der Waals surface area contributed by atoms with E-state index in [9.17, 15) is 26.3 Å². The molecule has 2 saturated heterocycles. The first-order valence-corrected chi connectivity index (χ1v) is 12.3. The third-order valence-electron chi connectivity index (χ3n) is 5.91. The Kier molecular flexibility index (Phi) is 11.3. The van der Waals surface area contributed by atoms with Crippen LogP contribution < -0.4 is 5.32 Å². The van der Waals surface area contributed by atoms with Crippen molar-refractivity contribution in [1.82, 2.24) is 9.88 Å². The average molecular weight is 572 g/mol. The number of halogens is 6. The van der Waals surface area contributed by atoms with Gasteiger partial charge in [0.15, 0.2) is 0 Å². The monoisotopic (exact) mass is 571 g/mol. The number of nitrogens with one attached hydrogen (secondary N) is 1. The normalized spacial score (nSPS) is 21.3. The van der Waals surface area contributed by atoms with Crippen LogP contribution in [0.25, 0.3) is 0 Å². The summed E-state index contributed by atoms with van der Waals surface area (Å²) in [7, 11) is 0. The zero-order chi connectivity index (χ0) is 28.4. The van der Waals surface area contributed by atoms with Gasteiger partial charge in [-0.2, -0.15) is 37.7 Å². The summed E-state index contributed by atoms with van der Waals surface area (Å²) in [6.45, 7) is 5.25. The summed E-state index contributed by atoms with van der Waals surface area (Å²) in [6, 6.07) is 8.26. The summed E-state index contributed by atoms with van der Waals surface area (Å²) >= 11 is 1.79. The fourth-order valence-electron chi connectivity index (χ4n) is 4.18. The van der Waals surface area contributed by atoms with Crippen molar-refractivity contribution >= 4 is 29.1 Å². The van der Waals surface area contributed by atoms with Crippen molar-refractivity contribution in [2.75, 3.05) is 31.6 Å². The maximum Gasteiger partial charge on any atom is 0.490 e. The lowest BCUT2D eigenvalue weighted by molar-refractivity contribution is -0.193. The molecule has 3 N–H and O–H groups in total. The summed E-state index contributed by atoms with van der Waals surface area (Å²) in [6.07, 6.45) is -4.41. The van der Waals surface area contributed by atoms with E-state index in [2.05, 4.69) is 32.0 Å². The highest BCUT2D eigenvalue weighted by Gasteiger charge is 2.47. The quantitative estimate of drug-likeness (QED) is 0.421. The highest BCUT2D eigenvalue weighted by molar-refractivity contribution is 7.07. The first kappa shape index (κ1) is 31.3. The van der Waals surface area contributed by atoms with E-state index in [0.717, 1.165) is 51.4 Å². The van der Waals surface area contributed by atoms with Crippen molar-refractivity contribution in [3.05, 3.63) is 46.8 Å². The van der Waals surface area contributed by atoms with Crippen molar-refractivity contribution < 1.29 is 50.9 Å². The van der Waals surface area contributed by atoms with Gasteiger partial charge in [-0.25, -0.2) is 14.6 Å². The number of aromatic nitrogens is 1. The maximum absolute atomic E-state index is 10.6. The second kappa shape index (κ2) is 13.8. The van der Waals surface area contributed by atoms with Gasteiger partial charge in [0, 0.05) is 44.4 Å². The number of carboxylic acid groups (broad SMARTS) is 2. The minimum atomic E-state index is -5.08. The number of aliphatic carboxylic acids is 2. The molecule has 0 radical (unpaired) electrons. The molecule has 0 saturated carbocycles. The molecule has 2 atom stereocenters. The lowest BCUT2D eigenvalue weighted by Gasteiger charge is -2.44. The number of hydrogen-bond acceptors (Lipinski definition) is 7. The van der Waals surface area contributed by atoms with E-state index in [1.807, 2.05) is 24.4 Å². The van der Waals surface area contributed by atoms with Gasteiger partial charge < -0.3 is 20.3 Å². The highest BCUT2D eigenvalue weighted by Crippen LogP contribution is 2.43. The smallest absolute Gasteiger partial charge is 0.475 e. The highest BCUT2D eigenvalue weighted by atomic mass is 32.1. The molecule has 0 amide bonds. The van der Waals surface area contributed by atoms with Crippen LogP contribution in [0.1, 0.15) is 24.8 Å². The zero-order valence-corrected chi connectivity index (χ0v) is 20.8. The number of thiophene rings is 1. The van der Waals surface area contributed by atoms with Gasteiger partial charge in [0.05, 0.1) is 6.10 Å². The third-order valence-corrected chi connectivity index (χ3v) is 6.65. The minimum Gasteiger partial charge on any atom is -0.475 e. The fraction of sp³-hybridized carbons (Fsp3) is 0.522. The van der Waals surface area contributed by atoms with Crippen LogP contribution in [0.5, 0.6) is 0 Å². The van der Waals surface area contributed by atoms with Crippen LogP contribution in [0.2, 0.25) is 0 Å². The van der Waals surface area contributed by atoms with E-state index in [1.54, 1.807) is 11.3 Å². The number of pyridine rings is 1. The maximum atomic E-state index is 10.6. The van der Waals surface area contributed by atoms with Crippen LogP contribution >= 0.6 is 11.3 Å². The molecule has 0 spiro atoms. The molecule has 15 heteroatoms. The number of likely N-dealkylation sites (tertiary alicyclic amines) is 1. The van der Waals surface area contributed by atoms with Crippen LogP contribution in [-0.4, -0.2) is 76.7 Å². The lowest BCUT2D eigenvalue weighted by atomic mass is 9.74. The van der Waals surface area contributed by atoms with Crippen LogP contribution in [0.15, 0.2) is 41.2 Å². The number of anilines is 1. The van der Waals surface area contributed by atoms with Crippen molar-refractivity contribution in [2.45, 2.75) is 44.3 Å². The number of rotatable bonds is 6. The predicted octanol–water partition coefficient (Wildman–Crippen LogP) is 4.89. The van der Waals surface area contributed by atoms with Crippen molar-refractivity contribution in [2.24, 2.45) is 5.41 Å². The fourth-order valence-corrected chi connectivity index (χ4v) is 4.84. The Bertz CT molecular complexity index is 983. The van der Waals surface area contributed by atoms with Gasteiger partial charge in [0.25, 0.3) is 0 Å². The van der Waals surface area contributed by atoms with E-state index < -0.39 is 24.3 Å². The topological polar surface area (TPSA) is 112 Å². The number of piperidine rings is 1. The SMILES string of the molecule is O=C(O)C(F)(F)F.O=C(O)C(F)(F)F.c1ccc(NCC[C@@]23CCO[C@@H]2CCN(Cc2ccsc2)C3)nc1. The molecule has 8 nitrogen and oxygen atoms in total. The van der Waals surface area contributed by atoms with Crippen molar-refractivity contribution in [1.29, 1.82) is 0 Å². The Morgan fingerprint density at radius 3 is 2.32 bits per heavy atom. The van der Waals surface area contributed by atoms with Crippen LogP contribution in [0.3, 0.4) is 0 Å². The van der Waals surface area contributed by atoms with E-state index in [4.69, 9.17) is 24.5 Å². The van der Waals surface area contributed by atoms with Gasteiger partial charge in [-0.15, -0.1) is 0 Å². The molecular weight excluding hydrogens is 544 g/mol. The number of nitrogens with zero attached hydrogens (tertiary/aromatic N) is 2. The second-order valence-corrected chi connectivity index (χ2v) is 9.38. The van der Waals surface area contributed by atoms with Gasteiger partial charge in [-0.1, -0.05) is 6.07 Å². The summed E-state index contributed by atoms with van der Waals surface area (Å²) in [5, 5.41) is 22.2. The van der Waals surface area contributed by atoms with Gasteiger partial charge >= 0.3 is 24.3 Å². The van der Waals surface area contributed by atoms with Crippen LogP contribution in [0.4, 0.5) is 32.2 Å². The van der Waals surface area contributed by atoms with Gasteiger partial charge in [-0.05, 0) is 53.8 Å². The van der Waals surface area contributed by atoms with Gasteiger partial charge in [0.2, 0.25) is 0 Å². The molecule has 0 aromatic carbocycles. The molecule has 4 rings (SSSR count). The third kappa shape index (κ3) is 10.1. The van der Waals surface area contributed by atoms with Gasteiger partial charge in [-0.3, -0.25) is 4.90 Å². The standard InChI is InChI=1S/C19H25N3OS.2C2HF3O2/c1-2-8-20-18(3-1)21-9-6-19-7-11-23-17(19)4-10-22(15-19)13-16-5-12-24-14-16;2*3-2(4,5)1(6)7/h1-3,5,8,12,14,17H,4,6-7,9-11,13,15H2,(H,20,21);2*(H,6,7)/t17-,19+;;/m1../s1. The summed E-state index contributed by atoms with van der Waals surface area (Å²) in [4.78, 5) is 24.8. The lowest BCUT2D eigenvalue weighted by Crippen LogP contribution is -2.49. The molecule has 0 unspecified atom stereocenters. The zero-order valence-electron chi connectivity index (χ0n) is 20.0. The Balaban J connectivity index is 0.000000301. The Morgan fingerprint density at radius 2 is 1.79 bits per heavy atom. The average Bonchev–Trinajstić information content (AvgIpc) is 3.49. The molecule has 4 heterocycles. The predicted molar refractivity (Wildman–Crippen MR) is 126 cm³/mol. The molecule has 2 aliphatic heterocycles. The first-order chi connectivity index (χ1) is 17.7. The molecule has 38 heavy (non-hydrogen) atoms. The number of fused-ring (bicyclic) bond motifs is 1. The van der Waals surface area contributed by atoms with E-state index >= 15 is 0 Å². The van der Waals surface area contributed by atoms with Crippen molar-refractivity contribution in [3.8, 4) is 0 Å². The molecule has 2 aliphatic rings. The Labute approximate surface area is 218 Å². The van der Waals surface area contributed by atoms with E-state index in [1.165, 1.54) is 12.0 Å². The first-order valence-electron chi connectivity index (χ1n) is 11.3. The van der Waals surface area contributed by atoms with E-state index in [0.29, 0.717) is 11.5 Å². The molecule has 0 bridgehead atoms. The molecule has 212 valence electrons. The number of alkyl halides is 6. The molecule has 2 fully saturated rings. The van der Waals surface area contributed by atoms with Gasteiger partial charge in [0.1, 0.15) is 5.82 Å². The largest absolute Gasteiger partial charge is 0.490 e. The summed E-state index contributed by atoms with van der Waals surface area (Å²) in [5.74, 6) is -4.55. The minimum absolute atomic E-state index is 0.302. The van der Waals surface area contributed by atoms with Crippen LogP contribution in [0, 0.1) is 5.41 Å². The summed E-state index contributed by atoms with van der Waals surface area (Å²) < 4.78 is 69.6. The number of carboxylic acids is 2. The van der Waals surface area contributed by atoms with E-state index in [-0.39, 0.29) is 0 Å². The Hall–Kier alpha value is -2.91. The molecule has 2 aromatic heterocycles. The second-order valence-electron chi connectivity index (χ2n) is 8.60. The molecule has 0 aliphatic carbocycles. The molecule has 2 aromatic rings. The number of hydrogen-bond donors (Lipinski definition) is 3. The number of carbonyl (C=O) groups is 2. The summed E-state index contributed by atoms with van der Waals surface area (Å²) in [5.41, 5.74) is 1.75. The van der Waals surface area contributed by atoms with Crippen LogP contribution in [-0.2, 0) is 20.9 Å². The number of ether oxygens (including phenoxy) is 1. The molecular formula is C23H27F6N3O5S. The Morgan fingerprint density at radius 1 is 1.13 bits per heavy atom.